The highest BCUT2D eigenvalue weighted by molar-refractivity contribution is 6.01. The Morgan fingerprint density at radius 3 is 2.56 bits per heavy atom. The minimum Gasteiger partial charge on any atom is -0.461 e. The molecule has 3 aromatic rings. The number of carbonyl (C=O) groups excluding carboxylic acids is 1. The number of furan rings is 1. The van der Waals surface area contributed by atoms with Crippen LogP contribution in [0.25, 0.3) is 11.5 Å². The van der Waals surface area contributed by atoms with Crippen LogP contribution in [0, 0.1) is 5.82 Å². The molecule has 0 aliphatic heterocycles. The zero-order valence-electron chi connectivity index (χ0n) is 13.6. The monoisotopic (exact) mass is 380 g/mol. The van der Waals surface area contributed by atoms with Crippen molar-refractivity contribution in [1.29, 1.82) is 0 Å². The Balaban J connectivity index is 1.57. The minimum atomic E-state index is -4.86. The fourth-order valence-electron chi connectivity index (χ4n) is 2.83. The minimum absolute atomic E-state index is 0.144. The Kier molecular flexibility index (Phi) is 3.83. The first-order valence-corrected chi connectivity index (χ1v) is 7.99. The molecule has 0 atom stereocenters. The number of hydrogen-bond donors (Lipinski definition) is 1. The van der Waals surface area contributed by atoms with E-state index in [4.69, 9.17) is 8.94 Å². The Bertz CT molecular complexity index is 988. The van der Waals surface area contributed by atoms with E-state index in [0.29, 0.717) is 42.2 Å². The third kappa shape index (κ3) is 3.09. The molecule has 0 saturated heterocycles. The first-order valence-electron chi connectivity index (χ1n) is 7.99. The van der Waals surface area contributed by atoms with Crippen LogP contribution in [0.2, 0.25) is 0 Å². The normalized spacial score (nSPS) is 15.6. The predicted molar refractivity (Wildman–Crippen MR) is 85.1 cm³/mol. The van der Waals surface area contributed by atoms with E-state index >= 15 is 0 Å². The van der Waals surface area contributed by atoms with Gasteiger partial charge in [-0.1, -0.05) is 5.16 Å². The number of benzene rings is 1. The summed E-state index contributed by atoms with van der Waals surface area (Å²) < 4.78 is 62.3. The lowest BCUT2D eigenvalue weighted by molar-refractivity contribution is -0.140. The summed E-state index contributed by atoms with van der Waals surface area (Å²) >= 11 is 0. The average molecular weight is 380 g/mol. The van der Waals surface area contributed by atoms with Gasteiger partial charge in [-0.2, -0.15) is 13.2 Å². The summed E-state index contributed by atoms with van der Waals surface area (Å²) in [6.07, 6.45) is -2.46. The molecule has 1 saturated carbocycles. The molecular weight excluding hydrogens is 368 g/mol. The standard InChI is InChI=1S/C18H12F4N2O3/c19-12-4-3-10(8-11(12)18(20,21)22)23-16(25)17(5-6-17)15-9-14(27-24-15)13-2-1-7-26-13/h1-4,7-9H,5-6H2,(H,23,25). The number of aromatic nitrogens is 1. The molecule has 4 rings (SSSR count). The van der Waals surface area contributed by atoms with Gasteiger partial charge in [0.15, 0.2) is 5.76 Å². The largest absolute Gasteiger partial charge is 0.461 e. The molecule has 1 aliphatic carbocycles. The van der Waals surface area contributed by atoms with Crippen molar-refractivity contribution in [2.75, 3.05) is 5.32 Å². The van der Waals surface area contributed by atoms with Gasteiger partial charge in [-0.05, 0) is 43.2 Å². The molecular formula is C18H12F4N2O3. The number of rotatable bonds is 4. The average Bonchev–Trinajstić information content (AvgIpc) is 3.04. The number of anilines is 1. The molecule has 1 aromatic carbocycles. The van der Waals surface area contributed by atoms with E-state index in [9.17, 15) is 22.4 Å². The highest BCUT2D eigenvalue weighted by Crippen LogP contribution is 2.49. The molecule has 2 heterocycles. The number of nitrogens with zero attached hydrogens (tertiary/aromatic N) is 1. The van der Waals surface area contributed by atoms with Crippen LogP contribution in [0.5, 0.6) is 0 Å². The zero-order chi connectivity index (χ0) is 19.2. The summed E-state index contributed by atoms with van der Waals surface area (Å²) in [6.45, 7) is 0. The summed E-state index contributed by atoms with van der Waals surface area (Å²) in [5.74, 6) is -1.14. The Hall–Kier alpha value is -3.10. The van der Waals surface area contributed by atoms with E-state index in [0.717, 1.165) is 6.07 Å². The lowest BCUT2D eigenvalue weighted by atomic mass is 10.0. The summed E-state index contributed by atoms with van der Waals surface area (Å²) in [5, 5.41) is 6.32. The molecule has 0 unspecified atom stereocenters. The first-order chi connectivity index (χ1) is 12.8. The molecule has 0 bridgehead atoms. The number of alkyl halides is 3. The van der Waals surface area contributed by atoms with Crippen LogP contribution in [-0.2, 0) is 16.4 Å². The summed E-state index contributed by atoms with van der Waals surface area (Å²) in [4.78, 5) is 12.6. The fraction of sp³-hybridized carbons (Fsp3) is 0.222. The molecule has 27 heavy (non-hydrogen) atoms. The van der Waals surface area contributed by atoms with Crippen LogP contribution in [-0.4, -0.2) is 11.1 Å². The lowest BCUT2D eigenvalue weighted by Crippen LogP contribution is -2.28. The number of carbonyl (C=O) groups is 1. The van der Waals surface area contributed by atoms with Crippen LogP contribution in [0.4, 0.5) is 23.2 Å². The SMILES string of the molecule is O=C(Nc1ccc(F)c(C(F)(F)F)c1)C1(c2cc(-c3ccco3)on2)CC1. The first kappa shape index (κ1) is 17.3. The van der Waals surface area contributed by atoms with Gasteiger partial charge >= 0.3 is 6.18 Å². The van der Waals surface area contributed by atoms with Crippen LogP contribution >= 0.6 is 0 Å². The molecule has 2 aromatic heterocycles. The van der Waals surface area contributed by atoms with E-state index in [2.05, 4.69) is 10.5 Å². The molecule has 0 radical (unpaired) electrons. The molecule has 1 N–H and O–H groups in total. The molecule has 1 fully saturated rings. The van der Waals surface area contributed by atoms with E-state index in [-0.39, 0.29) is 5.69 Å². The predicted octanol–water partition coefficient (Wildman–Crippen LogP) is 4.76. The number of hydrogen-bond acceptors (Lipinski definition) is 4. The van der Waals surface area contributed by atoms with Crippen molar-refractivity contribution in [1.82, 2.24) is 5.16 Å². The molecule has 0 spiro atoms. The maximum Gasteiger partial charge on any atom is 0.419 e. The van der Waals surface area contributed by atoms with Crippen LogP contribution < -0.4 is 5.32 Å². The van der Waals surface area contributed by atoms with Gasteiger partial charge in [0.05, 0.1) is 22.9 Å². The maximum absolute atomic E-state index is 13.4. The van der Waals surface area contributed by atoms with Gasteiger partial charge in [-0.3, -0.25) is 4.79 Å². The van der Waals surface area contributed by atoms with Crippen molar-refractivity contribution in [3.05, 3.63) is 59.7 Å². The molecule has 1 amide bonds. The van der Waals surface area contributed by atoms with Crippen molar-refractivity contribution in [3.8, 4) is 11.5 Å². The van der Waals surface area contributed by atoms with Gasteiger partial charge in [-0.25, -0.2) is 4.39 Å². The van der Waals surface area contributed by atoms with Gasteiger partial charge in [0, 0.05) is 11.8 Å². The van der Waals surface area contributed by atoms with Crippen molar-refractivity contribution >= 4 is 11.6 Å². The molecule has 5 nitrogen and oxygen atoms in total. The second-order valence-electron chi connectivity index (χ2n) is 6.28. The topological polar surface area (TPSA) is 68.3 Å². The van der Waals surface area contributed by atoms with Crippen molar-refractivity contribution in [2.24, 2.45) is 0 Å². The van der Waals surface area contributed by atoms with Gasteiger partial charge in [0.2, 0.25) is 11.7 Å². The Labute approximate surface area is 149 Å². The van der Waals surface area contributed by atoms with Gasteiger partial charge in [0.1, 0.15) is 5.82 Å². The maximum atomic E-state index is 13.4. The second kappa shape index (κ2) is 5.97. The summed E-state index contributed by atoms with van der Waals surface area (Å²) in [5.41, 5.74) is -2.20. The van der Waals surface area contributed by atoms with E-state index in [1.54, 1.807) is 18.2 Å². The van der Waals surface area contributed by atoms with Gasteiger partial charge in [-0.15, -0.1) is 0 Å². The van der Waals surface area contributed by atoms with Crippen molar-refractivity contribution < 1.29 is 31.3 Å². The number of halogens is 4. The molecule has 140 valence electrons. The Morgan fingerprint density at radius 2 is 1.93 bits per heavy atom. The highest BCUT2D eigenvalue weighted by atomic mass is 19.4. The van der Waals surface area contributed by atoms with Crippen molar-refractivity contribution in [2.45, 2.75) is 24.4 Å². The lowest BCUT2D eigenvalue weighted by Gasteiger charge is -2.14. The zero-order valence-corrected chi connectivity index (χ0v) is 13.6. The summed E-state index contributed by atoms with van der Waals surface area (Å²) in [7, 11) is 0. The van der Waals surface area contributed by atoms with Crippen LogP contribution in [0.1, 0.15) is 24.1 Å². The fourth-order valence-corrected chi connectivity index (χ4v) is 2.83. The van der Waals surface area contributed by atoms with Gasteiger partial charge in [0.25, 0.3) is 0 Å². The molecule has 1 aliphatic rings. The second-order valence-corrected chi connectivity index (χ2v) is 6.28. The van der Waals surface area contributed by atoms with Crippen LogP contribution in [0.3, 0.4) is 0 Å². The van der Waals surface area contributed by atoms with Gasteiger partial charge < -0.3 is 14.3 Å². The van der Waals surface area contributed by atoms with E-state index < -0.39 is 28.9 Å². The molecule has 9 heteroatoms. The third-order valence-electron chi connectivity index (χ3n) is 4.48. The van der Waals surface area contributed by atoms with Crippen molar-refractivity contribution in [3.63, 3.8) is 0 Å². The smallest absolute Gasteiger partial charge is 0.419 e. The number of nitrogens with one attached hydrogen (secondary N) is 1. The summed E-state index contributed by atoms with van der Waals surface area (Å²) in [6, 6.07) is 7.22. The quantitative estimate of drug-likeness (QED) is 0.663. The highest BCUT2D eigenvalue weighted by Gasteiger charge is 2.54. The van der Waals surface area contributed by atoms with E-state index in [1.807, 2.05) is 0 Å². The third-order valence-corrected chi connectivity index (χ3v) is 4.48. The number of amides is 1. The van der Waals surface area contributed by atoms with E-state index in [1.165, 1.54) is 6.26 Å². The van der Waals surface area contributed by atoms with Crippen LogP contribution in [0.15, 0.2) is 51.6 Å². The Morgan fingerprint density at radius 1 is 1.15 bits per heavy atom.